The van der Waals surface area contributed by atoms with Gasteiger partial charge in [0.1, 0.15) is 5.60 Å². The minimum atomic E-state index is -0.831. The summed E-state index contributed by atoms with van der Waals surface area (Å²) in [5.41, 5.74) is 6.03. The Bertz CT molecular complexity index is 223. The van der Waals surface area contributed by atoms with Crippen molar-refractivity contribution in [2.75, 3.05) is 46.2 Å². The van der Waals surface area contributed by atoms with Crippen LogP contribution < -0.4 is 11.2 Å². The SMILES string of the molecule is CC(C)(C)OC(=O)NO.CCOCCOCCOCCN. The highest BCUT2D eigenvalue weighted by atomic mass is 16.6. The Kier molecular flexibility index (Phi) is 16.5. The molecule has 0 heterocycles. The monoisotopic (exact) mass is 310 g/mol. The summed E-state index contributed by atoms with van der Waals surface area (Å²) in [6, 6.07) is 0. The van der Waals surface area contributed by atoms with Crippen molar-refractivity contribution in [3.8, 4) is 0 Å². The highest BCUT2D eigenvalue weighted by Gasteiger charge is 2.14. The number of carbonyl (C=O) groups excluding carboxylic acids is 1. The van der Waals surface area contributed by atoms with Gasteiger partial charge in [-0.1, -0.05) is 0 Å². The van der Waals surface area contributed by atoms with E-state index in [9.17, 15) is 4.79 Å². The predicted molar refractivity (Wildman–Crippen MR) is 78.3 cm³/mol. The zero-order valence-corrected chi connectivity index (χ0v) is 13.5. The molecule has 0 atom stereocenters. The standard InChI is InChI=1S/C8H19NO3.C5H11NO3/c1-2-10-5-6-12-8-7-11-4-3-9;1-5(2,3)9-4(7)6-8/h2-9H2,1H3;8H,1-3H3,(H,6,7). The van der Waals surface area contributed by atoms with Crippen LogP contribution in [0.3, 0.4) is 0 Å². The van der Waals surface area contributed by atoms with Crippen molar-refractivity contribution in [3.63, 3.8) is 0 Å². The number of rotatable bonds is 9. The second kappa shape index (κ2) is 15.5. The topological polar surface area (TPSA) is 112 Å². The third-order valence-corrected chi connectivity index (χ3v) is 1.70. The molecule has 0 aromatic rings. The van der Waals surface area contributed by atoms with E-state index in [0.29, 0.717) is 39.6 Å². The van der Waals surface area contributed by atoms with Crippen LogP contribution >= 0.6 is 0 Å². The largest absolute Gasteiger partial charge is 0.442 e. The van der Waals surface area contributed by atoms with Crippen LogP contribution in [0.5, 0.6) is 0 Å². The van der Waals surface area contributed by atoms with Gasteiger partial charge >= 0.3 is 6.09 Å². The van der Waals surface area contributed by atoms with E-state index in [-0.39, 0.29) is 0 Å². The molecule has 0 bridgehead atoms. The minimum Gasteiger partial charge on any atom is -0.442 e. The van der Waals surface area contributed by atoms with Gasteiger partial charge in [-0.25, -0.2) is 10.3 Å². The fraction of sp³-hybridized carbons (Fsp3) is 0.923. The number of amides is 1. The van der Waals surface area contributed by atoms with Gasteiger partial charge < -0.3 is 24.7 Å². The molecule has 0 aliphatic rings. The van der Waals surface area contributed by atoms with E-state index >= 15 is 0 Å². The van der Waals surface area contributed by atoms with Gasteiger partial charge in [-0.05, 0) is 27.7 Å². The summed E-state index contributed by atoms with van der Waals surface area (Å²) in [5.74, 6) is 0. The Hall–Kier alpha value is -0.930. The quantitative estimate of drug-likeness (QED) is 0.330. The minimum absolute atomic E-state index is 0.549. The van der Waals surface area contributed by atoms with Crippen molar-refractivity contribution < 1.29 is 28.9 Å². The molecule has 0 saturated carbocycles. The van der Waals surface area contributed by atoms with Gasteiger partial charge in [0.25, 0.3) is 0 Å². The van der Waals surface area contributed by atoms with Crippen LogP contribution in [0.25, 0.3) is 0 Å². The molecule has 4 N–H and O–H groups in total. The fourth-order valence-corrected chi connectivity index (χ4v) is 0.968. The molecular formula is C13H30N2O6. The van der Waals surface area contributed by atoms with E-state index in [1.165, 1.54) is 5.48 Å². The van der Waals surface area contributed by atoms with Crippen molar-refractivity contribution in [1.29, 1.82) is 0 Å². The average Bonchev–Trinajstić information content (AvgIpc) is 2.40. The first-order valence-corrected chi connectivity index (χ1v) is 6.93. The number of nitrogens with two attached hydrogens (primary N) is 1. The molecule has 0 unspecified atom stereocenters. The number of hydroxylamine groups is 1. The van der Waals surface area contributed by atoms with Crippen LogP contribution in [0.4, 0.5) is 4.79 Å². The third kappa shape index (κ3) is 24.5. The van der Waals surface area contributed by atoms with Crippen LogP contribution in [0.15, 0.2) is 0 Å². The van der Waals surface area contributed by atoms with E-state index in [0.717, 1.165) is 6.61 Å². The summed E-state index contributed by atoms with van der Waals surface area (Å²) in [4.78, 5) is 10.2. The third-order valence-electron chi connectivity index (χ3n) is 1.70. The van der Waals surface area contributed by atoms with Crippen LogP contribution in [-0.2, 0) is 18.9 Å². The summed E-state index contributed by atoms with van der Waals surface area (Å²) >= 11 is 0. The molecule has 0 saturated heterocycles. The van der Waals surface area contributed by atoms with Gasteiger partial charge in [-0.2, -0.15) is 0 Å². The van der Waals surface area contributed by atoms with E-state index in [1.807, 2.05) is 6.92 Å². The van der Waals surface area contributed by atoms with Crippen LogP contribution in [-0.4, -0.2) is 63.1 Å². The Labute approximate surface area is 126 Å². The first-order chi connectivity index (χ1) is 9.87. The van der Waals surface area contributed by atoms with Crippen molar-refractivity contribution in [2.45, 2.75) is 33.3 Å². The first-order valence-electron chi connectivity index (χ1n) is 6.93. The lowest BCUT2D eigenvalue weighted by molar-refractivity contribution is 0.0185. The highest BCUT2D eigenvalue weighted by Crippen LogP contribution is 2.05. The van der Waals surface area contributed by atoms with Gasteiger partial charge in [0.2, 0.25) is 0 Å². The van der Waals surface area contributed by atoms with E-state index in [2.05, 4.69) is 4.74 Å². The maximum absolute atomic E-state index is 10.2. The van der Waals surface area contributed by atoms with Gasteiger partial charge in [-0.3, -0.25) is 5.21 Å². The van der Waals surface area contributed by atoms with Crippen LogP contribution in [0.1, 0.15) is 27.7 Å². The second-order valence-corrected chi connectivity index (χ2v) is 4.82. The molecule has 0 radical (unpaired) electrons. The maximum atomic E-state index is 10.2. The van der Waals surface area contributed by atoms with Crippen LogP contribution in [0, 0.1) is 0 Å². The van der Waals surface area contributed by atoms with Crippen LogP contribution in [0.2, 0.25) is 0 Å². The molecule has 0 spiro atoms. The van der Waals surface area contributed by atoms with E-state index in [1.54, 1.807) is 20.8 Å². The molecule has 21 heavy (non-hydrogen) atoms. The van der Waals surface area contributed by atoms with Crippen molar-refractivity contribution in [2.24, 2.45) is 5.73 Å². The molecule has 0 aliphatic heterocycles. The number of carbonyl (C=O) groups is 1. The van der Waals surface area contributed by atoms with E-state index in [4.69, 9.17) is 25.2 Å². The zero-order chi connectivity index (χ0) is 16.6. The molecule has 0 aromatic heterocycles. The lowest BCUT2D eigenvalue weighted by atomic mass is 10.2. The summed E-state index contributed by atoms with van der Waals surface area (Å²) in [7, 11) is 0. The van der Waals surface area contributed by atoms with Gasteiger partial charge in [0, 0.05) is 13.2 Å². The Morgan fingerprint density at radius 1 is 1.05 bits per heavy atom. The predicted octanol–water partition coefficient (Wildman–Crippen LogP) is 0.915. The zero-order valence-electron chi connectivity index (χ0n) is 13.5. The Morgan fingerprint density at radius 3 is 1.86 bits per heavy atom. The summed E-state index contributed by atoms with van der Waals surface area (Å²) in [6.45, 7) is 11.5. The van der Waals surface area contributed by atoms with Gasteiger partial charge in [-0.15, -0.1) is 0 Å². The molecule has 0 aromatic carbocycles. The Balaban J connectivity index is 0. The molecule has 0 aliphatic carbocycles. The molecule has 1 amide bonds. The molecule has 0 rings (SSSR count). The van der Waals surface area contributed by atoms with Crippen molar-refractivity contribution in [1.82, 2.24) is 5.48 Å². The second-order valence-electron chi connectivity index (χ2n) is 4.82. The van der Waals surface area contributed by atoms with Gasteiger partial charge in [0.15, 0.2) is 0 Å². The highest BCUT2D eigenvalue weighted by molar-refractivity contribution is 5.65. The van der Waals surface area contributed by atoms with Gasteiger partial charge in [0.05, 0.1) is 33.0 Å². The van der Waals surface area contributed by atoms with E-state index < -0.39 is 11.7 Å². The first kappa shape index (κ1) is 22.4. The number of ether oxygens (including phenoxy) is 4. The molecule has 8 nitrogen and oxygen atoms in total. The molecule has 0 fully saturated rings. The summed E-state index contributed by atoms with van der Waals surface area (Å²) in [5, 5.41) is 7.97. The maximum Gasteiger partial charge on any atom is 0.431 e. The lowest BCUT2D eigenvalue weighted by Crippen LogP contribution is -2.30. The molecule has 128 valence electrons. The Morgan fingerprint density at radius 2 is 1.52 bits per heavy atom. The molecular weight excluding hydrogens is 280 g/mol. The number of hydrogen-bond acceptors (Lipinski definition) is 7. The summed E-state index contributed by atoms with van der Waals surface area (Å²) < 4.78 is 20.0. The average molecular weight is 310 g/mol. The summed E-state index contributed by atoms with van der Waals surface area (Å²) in [6.07, 6.45) is -0.831. The normalized spacial score (nSPS) is 10.6. The van der Waals surface area contributed by atoms with Crippen molar-refractivity contribution in [3.05, 3.63) is 0 Å². The lowest BCUT2D eigenvalue weighted by Gasteiger charge is -2.17. The number of nitrogens with one attached hydrogen (secondary N) is 1. The fourth-order valence-electron chi connectivity index (χ4n) is 0.968. The molecule has 8 heteroatoms. The number of hydrogen-bond donors (Lipinski definition) is 3. The van der Waals surface area contributed by atoms with Crippen molar-refractivity contribution >= 4 is 6.09 Å². The smallest absolute Gasteiger partial charge is 0.431 e.